The van der Waals surface area contributed by atoms with Crippen molar-refractivity contribution in [1.82, 2.24) is 0 Å². The molecular formula is C9H11OS. The number of thioether (sulfide) groups is 1. The third kappa shape index (κ3) is 1.69. The fourth-order valence-corrected chi connectivity index (χ4v) is 1.57. The monoisotopic (exact) mass is 167 g/mol. The minimum absolute atomic E-state index is 0.889. The van der Waals surface area contributed by atoms with Crippen LogP contribution in [0.3, 0.4) is 0 Å². The number of rotatable bonds is 2. The Morgan fingerprint density at radius 2 is 2.18 bits per heavy atom. The van der Waals surface area contributed by atoms with E-state index in [1.54, 1.807) is 18.9 Å². The summed E-state index contributed by atoms with van der Waals surface area (Å²) in [5, 5.41) is 0. The van der Waals surface area contributed by atoms with E-state index in [1.807, 2.05) is 24.5 Å². The lowest BCUT2D eigenvalue weighted by Crippen LogP contribution is -1.88. The lowest BCUT2D eigenvalue weighted by atomic mass is 10.2. The highest BCUT2D eigenvalue weighted by Gasteiger charge is 2.02. The highest BCUT2D eigenvalue weighted by molar-refractivity contribution is 7.98. The Balaban J connectivity index is 3.13. The summed E-state index contributed by atoms with van der Waals surface area (Å²) in [6.07, 6.45) is 2.03. The molecule has 0 bridgehead atoms. The number of hydrogen-bond donors (Lipinski definition) is 0. The van der Waals surface area contributed by atoms with Gasteiger partial charge in [0, 0.05) is 4.90 Å². The standard InChI is InChI=1S/C9H11OS/c1-7-5-4-6-8(11-3)9(7)10-2/h4-6H,1H2,2-3H3. The second-order valence-electron chi connectivity index (χ2n) is 2.15. The van der Waals surface area contributed by atoms with Gasteiger partial charge in [-0.1, -0.05) is 12.1 Å². The van der Waals surface area contributed by atoms with Gasteiger partial charge >= 0.3 is 0 Å². The smallest absolute Gasteiger partial charge is 0.135 e. The van der Waals surface area contributed by atoms with Crippen LogP contribution in [0.15, 0.2) is 23.1 Å². The van der Waals surface area contributed by atoms with Crippen molar-refractivity contribution >= 4 is 11.8 Å². The SMILES string of the molecule is [CH2]c1cccc(SC)c1OC. The van der Waals surface area contributed by atoms with E-state index in [2.05, 4.69) is 6.92 Å². The molecule has 0 N–H and O–H groups in total. The zero-order valence-electron chi connectivity index (χ0n) is 6.76. The van der Waals surface area contributed by atoms with E-state index in [0.29, 0.717) is 0 Å². The molecule has 0 heterocycles. The number of methoxy groups -OCH3 is 1. The molecule has 0 saturated heterocycles. The summed E-state index contributed by atoms with van der Waals surface area (Å²) in [5.41, 5.74) is 0.944. The van der Waals surface area contributed by atoms with Gasteiger partial charge in [0.15, 0.2) is 0 Å². The number of hydrogen-bond acceptors (Lipinski definition) is 2. The Kier molecular flexibility index (Phi) is 2.83. The minimum atomic E-state index is 0.889. The normalized spacial score (nSPS) is 9.73. The van der Waals surface area contributed by atoms with E-state index in [0.717, 1.165) is 16.2 Å². The van der Waals surface area contributed by atoms with Gasteiger partial charge in [0.05, 0.1) is 7.11 Å². The van der Waals surface area contributed by atoms with E-state index >= 15 is 0 Å². The molecule has 59 valence electrons. The third-order valence-corrected chi connectivity index (χ3v) is 2.25. The summed E-state index contributed by atoms with van der Waals surface area (Å²) in [5.74, 6) is 0.889. The summed E-state index contributed by atoms with van der Waals surface area (Å²) in [7, 11) is 1.67. The molecule has 0 aliphatic carbocycles. The van der Waals surface area contributed by atoms with Crippen molar-refractivity contribution in [1.29, 1.82) is 0 Å². The Morgan fingerprint density at radius 3 is 2.64 bits per heavy atom. The van der Waals surface area contributed by atoms with Crippen LogP contribution < -0.4 is 4.74 Å². The first-order chi connectivity index (χ1) is 5.29. The fourth-order valence-electron chi connectivity index (χ4n) is 0.954. The van der Waals surface area contributed by atoms with Crippen LogP contribution in [-0.2, 0) is 0 Å². The fraction of sp³-hybridized carbons (Fsp3) is 0.222. The summed E-state index contributed by atoms with van der Waals surface area (Å²) >= 11 is 1.67. The van der Waals surface area contributed by atoms with E-state index in [1.165, 1.54) is 0 Å². The first kappa shape index (κ1) is 8.47. The zero-order chi connectivity index (χ0) is 8.27. The lowest BCUT2D eigenvalue weighted by molar-refractivity contribution is 0.403. The van der Waals surface area contributed by atoms with Crippen molar-refractivity contribution < 1.29 is 4.74 Å². The molecule has 2 heteroatoms. The third-order valence-electron chi connectivity index (χ3n) is 1.48. The molecule has 0 fully saturated rings. The lowest BCUT2D eigenvalue weighted by Gasteiger charge is -2.07. The number of benzene rings is 1. The first-order valence-electron chi connectivity index (χ1n) is 3.32. The van der Waals surface area contributed by atoms with Crippen molar-refractivity contribution in [2.45, 2.75) is 4.90 Å². The molecule has 1 rings (SSSR count). The molecule has 0 aliphatic rings. The largest absolute Gasteiger partial charge is 0.495 e. The average Bonchev–Trinajstić information content (AvgIpc) is 2.04. The molecule has 11 heavy (non-hydrogen) atoms. The number of ether oxygens (including phenoxy) is 1. The van der Waals surface area contributed by atoms with Crippen LogP contribution in [0.5, 0.6) is 5.75 Å². The molecule has 0 aliphatic heterocycles. The molecule has 1 radical (unpaired) electrons. The van der Waals surface area contributed by atoms with Crippen molar-refractivity contribution in [3.05, 3.63) is 30.7 Å². The summed E-state index contributed by atoms with van der Waals surface area (Å²) in [6.45, 7) is 3.86. The molecule has 1 aromatic carbocycles. The first-order valence-corrected chi connectivity index (χ1v) is 4.55. The average molecular weight is 167 g/mol. The van der Waals surface area contributed by atoms with E-state index in [9.17, 15) is 0 Å². The molecule has 0 saturated carbocycles. The van der Waals surface area contributed by atoms with Gasteiger partial charge < -0.3 is 4.74 Å². The van der Waals surface area contributed by atoms with Gasteiger partial charge in [-0.3, -0.25) is 0 Å². The molecule has 0 unspecified atom stereocenters. The van der Waals surface area contributed by atoms with E-state index in [4.69, 9.17) is 4.74 Å². The molecule has 0 spiro atoms. The van der Waals surface area contributed by atoms with Crippen LogP contribution in [0, 0.1) is 6.92 Å². The predicted octanol–water partition coefficient (Wildman–Crippen LogP) is 2.60. The molecule has 1 nitrogen and oxygen atoms in total. The second kappa shape index (κ2) is 3.67. The van der Waals surface area contributed by atoms with Gasteiger partial charge in [-0.25, -0.2) is 0 Å². The van der Waals surface area contributed by atoms with Gasteiger partial charge in [0.25, 0.3) is 0 Å². The van der Waals surface area contributed by atoms with Gasteiger partial charge in [-0.05, 0) is 24.8 Å². The maximum Gasteiger partial charge on any atom is 0.135 e. The second-order valence-corrected chi connectivity index (χ2v) is 3.00. The van der Waals surface area contributed by atoms with E-state index < -0.39 is 0 Å². The highest BCUT2D eigenvalue weighted by Crippen LogP contribution is 2.29. The van der Waals surface area contributed by atoms with Crippen LogP contribution in [0.25, 0.3) is 0 Å². The Morgan fingerprint density at radius 1 is 1.45 bits per heavy atom. The Bertz CT molecular complexity index is 245. The minimum Gasteiger partial charge on any atom is -0.495 e. The van der Waals surface area contributed by atoms with Gasteiger partial charge in [0.2, 0.25) is 0 Å². The van der Waals surface area contributed by atoms with Gasteiger partial charge in [-0.15, -0.1) is 11.8 Å². The van der Waals surface area contributed by atoms with Crippen LogP contribution in [0.2, 0.25) is 0 Å². The highest BCUT2D eigenvalue weighted by atomic mass is 32.2. The molecule has 0 atom stereocenters. The topological polar surface area (TPSA) is 9.23 Å². The van der Waals surface area contributed by atoms with Crippen molar-refractivity contribution in [2.75, 3.05) is 13.4 Å². The van der Waals surface area contributed by atoms with Crippen LogP contribution in [0.1, 0.15) is 5.56 Å². The van der Waals surface area contributed by atoms with Gasteiger partial charge in [0.1, 0.15) is 5.75 Å². The summed E-state index contributed by atoms with van der Waals surface area (Å²) in [4.78, 5) is 1.14. The molecule has 0 aromatic heterocycles. The van der Waals surface area contributed by atoms with Crippen LogP contribution in [-0.4, -0.2) is 13.4 Å². The van der Waals surface area contributed by atoms with Crippen LogP contribution >= 0.6 is 11.8 Å². The maximum absolute atomic E-state index is 5.18. The Hall–Kier alpha value is -0.630. The molecule has 0 amide bonds. The predicted molar refractivity (Wildman–Crippen MR) is 49.2 cm³/mol. The molecule has 1 aromatic rings. The van der Waals surface area contributed by atoms with Gasteiger partial charge in [-0.2, -0.15) is 0 Å². The quantitative estimate of drug-likeness (QED) is 0.626. The zero-order valence-corrected chi connectivity index (χ0v) is 7.57. The summed E-state index contributed by atoms with van der Waals surface area (Å²) < 4.78 is 5.18. The van der Waals surface area contributed by atoms with Crippen molar-refractivity contribution in [3.8, 4) is 5.75 Å². The van der Waals surface area contributed by atoms with E-state index in [-0.39, 0.29) is 0 Å². The van der Waals surface area contributed by atoms with Crippen molar-refractivity contribution in [3.63, 3.8) is 0 Å². The number of para-hydroxylation sites is 1. The van der Waals surface area contributed by atoms with Crippen LogP contribution in [0.4, 0.5) is 0 Å². The summed E-state index contributed by atoms with van der Waals surface area (Å²) in [6, 6.07) is 5.95. The Labute approximate surface area is 71.8 Å². The van der Waals surface area contributed by atoms with Crippen molar-refractivity contribution in [2.24, 2.45) is 0 Å². The maximum atomic E-state index is 5.18. The molecular weight excluding hydrogens is 156 g/mol.